The standard InChI is InChI=1S/C19H21NO5S/c1-2-26(24,25)17-10-6-9-15(12-17)18(21)20-13-16(19(22)23)11-14-7-4-3-5-8-14/h3-10,12,16H,2,11,13H2,1H3,(H,20,21)(H,22,23). The van der Waals surface area contributed by atoms with Gasteiger partial charge in [0.15, 0.2) is 9.84 Å². The summed E-state index contributed by atoms with van der Waals surface area (Å²) < 4.78 is 23.8. The first-order chi connectivity index (χ1) is 12.3. The fourth-order valence-electron chi connectivity index (χ4n) is 2.46. The van der Waals surface area contributed by atoms with Crippen molar-refractivity contribution in [3.05, 3.63) is 65.7 Å². The molecule has 0 fully saturated rings. The quantitative estimate of drug-likeness (QED) is 0.736. The van der Waals surface area contributed by atoms with Crippen molar-refractivity contribution in [1.29, 1.82) is 0 Å². The van der Waals surface area contributed by atoms with Gasteiger partial charge in [-0.2, -0.15) is 0 Å². The molecule has 7 heteroatoms. The average molecular weight is 375 g/mol. The summed E-state index contributed by atoms with van der Waals surface area (Å²) in [6.45, 7) is 1.48. The van der Waals surface area contributed by atoms with Gasteiger partial charge in [0.05, 0.1) is 16.6 Å². The van der Waals surface area contributed by atoms with Crippen LogP contribution in [-0.4, -0.2) is 37.7 Å². The topological polar surface area (TPSA) is 101 Å². The van der Waals surface area contributed by atoms with E-state index in [2.05, 4.69) is 5.32 Å². The number of carbonyl (C=O) groups excluding carboxylic acids is 1. The lowest BCUT2D eigenvalue weighted by Gasteiger charge is -2.14. The third-order valence-electron chi connectivity index (χ3n) is 4.02. The molecule has 0 aliphatic carbocycles. The van der Waals surface area contributed by atoms with E-state index in [0.717, 1.165) is 5.56 Å². The number of benzene rings is 2. The van der Waals surface area contributed by atoms with Gasteiger partial charge in [-0.05, 0) is 30.2 Å². The van der Waals surface area contributed by atoms with E-state index in [1.807, 2.05) is 30.3 Å². The SMILES string of the molecule is CCS(=O)(=O)c1cccc(C(=O)NCC(Cc2ccccc2)C(=O)O)c1. The number of hydrogen-bond donors (Lipinski definition) is 2. The van der Waals surface area contributed by atoms with Crippen LogP contribution < -0.4 is 5.32 Å². The zero-order valence-corrected chi connectivity index (χ0v) is 15.2. The third-order valence-corrected chi connectivity index (χ3v) is 5.75. The molecule has 0 aromatic heterocycles. The van der Waals surface area contributed by atoms with Crippen molar-refractivity contribution in [1.82, 2.24) is 5.32 Å². The maximum atomic E-state index is 12.3. The van der Waals surface area contributed by atoms with E-state index in [0.29, 0.717) is 6.42 Å². The van der Waals surface area contributed by atoms with Gasteiger partial charge in [0.25, 0.3) is 5.91 Å². The van der Waals surface area contributed by atoms with Crippen molar-refractivity contribution in [2.75, 3.05) is 12.3 Å². The molecule has 6 nitrogen and oxygen atoms in total. The van der Waals surface area contributed by atoms with Gasteiger partial charge in [0.1, 0.15) is 0 Å². The van der Waals surface area contributed by atoms with Crippen LogP contribution in [0.3, 0.4) is 0 Å². The van der Waals surface area contributed by atoms with E-state index in [9.17, 15) is 23.1 Å². The van der Waals surface area contributed by atoms with E-state index in [4.69, 9.17) is 0 Å². The molecule has 2 aromatic rings. The number of nitrogens with one attached hydrogen (secondary N) is 1. The minimum atomic E-state index is -3.41. The molecule has 2 aromatic carbocycles. The van der Waals surface area contributed by atoms with Crippen molar-refractivity contribution in [3.8, 4) is 0 Å². The highest BCUT2D eigenvalue weighted by Gasteiger charge is 2.20. The first-order valence-electron chi connectivity index (χ1n) is 8.21. The van der Waals surface area contributed by atoms with E-state index >= 15 is 0 Å². The number of carboxylic acid groups (broad SMARTS) is 1. The molecule has 2 rings (SSSR count). The summed E-state index contributed by atoms with van der Waals surface area (Å²) >= 11 is 0. The monoisotopic (exact) mass is 375 g/mol. The molecule has 0 spiro atoms. The van der Waals surface area contributed by atoms with Crippen LogP contribution >= 0.6 is 0 Å². The second-order valence-corrected chi connectivity index (χ2v) is 8.14. The third kappa shape index (κ3) is 5.16. The Bertz CT molecular complexity index is 878. The largest absolute Gasteiger partial charge is 0.481 e. The summed E-state index contributed by atoms with van der Waals surface area (Å²) in [7, 11) is -3.41. The lowest BCUT2D eigenvalue weighted by molar-refractivity contribution is -0.141. The molecule has 26 heavy (non-hydrogen) atoms. The predicted octanol–water partition coefficient (Wildman–Crippen LogP) is 2.15. The van der Waals surface area contributed by atoms with Gasteiger partial charge in [0.2, 0.25) is 0 Å². The molecule has 0 radical (unpaired) electrons. The summed E-state index contributed by atoms with van der Waals surface area (Å²) in [5.74, 6) is -2.34. The summed E-state index contributed by atoms with van der Waals surface area (Å²) in [5.41, 5.74) is 1.05. The lowest BCUT2D eigenvalue weighted by Crippen LogP contribution is -2.34. The molecular formula is C19H21NO5S. The second-order valence-electron chi connectivity index (χ2n) is 5.87. The van der Waals surface area contributed by atoms with E-state index in [-0.39, 0.29) is 22.8 Å². The van der Waals surface area contributed by atoms with Crippen LogP contribution in [0.2, 0.25) is 0 Å². The Morgan fingerprint density at radius 1 is 1.08 bits per heavy atom. The van der Waals surface area contributed by atoms with Crippen LogP contribution in [0.25, 0.3) is 0 Å². The van der Waals surface area contributed by atoms with Crippen LogP contribution in [0, 0.1) is 5.92 Å². The van der Waals surface area contributed by atoms with E-state index in [1.165, 1.54) is 31.2 Å². The van der Waals surface area contributed by atoms with Crippen molar-refractivity contribution in [2.45, 2.75) is 18.2 Å². The Morgan fingerprint density at radius 3 is 2.38 bits per heavy atom. The van der Waals surface area contributed by atoms with Crippen molar-refractivity contribution >= 4 is 21.7 Å². The Kier molecular flexibility index (Phi) is 6.52. The van der Waals surface area contributed by atoms with Gasteiger partial charge < -0.3 is 10.4 Å². The van der Waals surface area contributed by atoms with E-state index in [1.54, 1.807) is 0 Å². The Balaban J connectivity index is 2.06. The van der Waals surface area contributed by atoms with Crippen LogP contribution in [0.1, 0.15) is 22.8 Å². The Morgan fingerprint density at radius 2 is 1.77 bits per heavy atom. The maximum absolute atomic E-state index is 12.3. The number of aliphatic carboxylic acids is 1. The van der Waals surface area contributed by atoms with E-state index < -0.39 is 27.6 Å². The van der Waals surface area contributed by atoms with Crippen molar-refractivity contribution in [3.63, 3.8) is 0 Å². The number of sulfone groups is 1. The van der Waals surface area contributed by atoms with Gasteiger partial charge in [-0.25, -0.2) is 8.42 Å². The van der Waals surface area contributed by atoms with Gasteiger partial charge in [-0.15, -0.1) is 0 Å². The van der Waals surface area contributed by atoms with Gasteiger partial charge in [-0.1, -0.05) is 43.3 Å². The molecular weight excluding hydrogens is 354 g/mol. The number of carboxylic acids is 1. The molecule has 1 unspecified atom stereocenters. The molecule has 0 bridgehead atoms. The summed E-state index contributed by atoms with van der Waals surface area (Å²) in [6.07, 6.45) is 0.292. The number of rotatable bonds is 8. The highest BCUT2D eigenvalue weighted by molar-refractivity contribution is 7.91. The Hall–Kier alpha value is -2.67. The molecule has 0 saturated heterocycles. The van der Waals surface area contributed by atoms with Crippen LogP contribution in [0.15, 0.2) is 59.5 Å². The smallest absolute Gasteiger partial charge is 0.308 e. The van der Waals surface area contributed by atoms with Crippen LogP contribution in [0.4, 0.5) is 0 Å². The minimum Gasteiger partial charge on any atom is -0.481 e. The maximum Gasteiger partial charge on any atom is 0.308 e. The van der Waals surface area contributed by atoms with Crippen LogP contribution in [-0.2, 0) is 21.1 Å². The van der Waals surface area contributed by atoms with Crippen molar-refractivity contribution in [2.24, 2.45) is 5.92 Å². The first kappa shape index (κ1) is 19.7. The zero-order chi connectivity index (χ0) is 19.2. The molecule has 0 aliphatic heterocycles. The normalized spacial score (nSPS) is 12.3. The van der Waals surface area contributed by atoms with Gasteiger partial charge in [-0.3, -0.25) is 9.59 Å². The molecule has 0 saturated carbocycles. The van der Waals surface area contributed by atoms with Crippen LogP contribution in [0.5, 0.6) is 0 Å². The molecule has 0 heterocycles. The highest BCUT2D eigenvalue weighted by atomic mass is 32.2. The number of amides is 1. The second kappa shape index (κ2) is 8.62. The minimum absolute atomic E-state index is 0.0478. The summed E-state index contributed by atoms with van der Waals surface area (Å²) in [6, 6.07) is 14.9. The predicted molar refractivity (Wildman–Crippen MR) is 97.8 cm³/mol. The van der Waals surface area contributed by atoms with Gasteiger partial charge >= 0.3 is 5.97 Å². The fourth-order valence-corrected chi connectivity index (χ4v) is 3.39. The number of carbonyl (C=O) groups is 2. The molecule has 138 valence electrons. The fraction of sp³-hybridized carbons (Fsp3) is 0.263. The molecule has 2 N–H and O–H groups in total. The van der Waals surface area contributed by atoms with Gasteiger partial charge in [0, 0.05) is 12.1 Å². The zero-order valence-electron chi connectivity index (χ0n) is 14.4. The Labute approximate surface area is 152 Å². The lowest BCUT2D eigenvalue weighted by atomic mass is 9.99. The first-order valence-corrected chi connectivity index (χ1v) is 9.86. The number of hydrogen-bond acceptors (Lipinski definition) is 4. The molecule has 1 atom stereocenters. The average Bonchev–Trinajstić information content (AvgIpc) is 2.65. The molecule has 1 amide bonds. The highest BCUT2D eigenvalue weighted by Crippen LogP contribution is 2.14. The summed E-state index contributed by atoms with van der Waals surface area (Å²) in [4.78, 5) is 23.8. The summed E-state index contributed by atoms with van der Waals surface area (Å²) in [5, 5.41) is 12.0. The van der Waals surface area contributed by atoms with Crippen molar-refractivity contribution < 1.29 is 23.1 Å². The molecule has 0 aliphatic rings.